The summed E-state index contributed by atoms with van der Waals surface area (Å²) in [6, 6.07) is 1.49. The Hall–Kier alpha value is -1.12. The molecule has 1 heterocycles. The van der Waals surface area contributed by atoms with Crippen LogP contribution >= 0.6 is 11.3 Å². The van der Waals surface area contributed by atoms with Crippen molar-refractivity contribution in [3.05, 3.63) is 16.5 Å². The van der Waals surface area contributed by atoms with Crippen molar-refractivity contribution in [2.24, 2.45) is 0 Å². The predicted octanol–water partition coefficient (Wildman–Crippen LogP) is 1.02. The van der Waals surface area contributed by atoms with Crippen LogP contribution in [-0.4, -0.2) is 26.0 Å². The Morgan fingerprint density at radius 3 is 2.62 bits per heavy atom. The highest BCUT2D eigenvalue weighted by molar-refractivity contribution is 7.91. The molecule has 0 aromatic carbocycles. The minimum atomic E-state index is -3.60. The molecule has 0 saturated carbocycles. The zero-order valence-corrected chi connectivity index (χ0v) is 10.4. The summed E-state index contributed by atoms with van der Waals surface area (Å²) in [6.07, 6.45) is 0. The van der Waals surface area contributed by atoms with Gasteiger partial charge >= 0.3 is 5.97 Å². The van der Waals surface area contributed by atoms with E-state index in [-0.39, 0.29) is 16.4 Å². The van der Waals surface area contributed by atoms with Crippen LogP contribution < -0.4 is 9.44 Å². The average Bonchev–Trinajstić information content (AvgIpc) is 2.45. The number of nitrogens with one attached hydrogen (secondary N) is 2. The highest BCUT2D eigenvalue weighted by Gasteiger charge is 2.15. The lowest BCUT2D eigenvalue weighted by Crippen LogP contribution is -2.29. The number of hydrogen-bond donors (Lipinski definition) is 3. The molecular formula is C8H12N2O4S2. The Kier molecular flexibility index (Phi) is 3.89. The molecule has 16 heavy (non-hydrogen) atoms. The number of hydrogen-bond acceptors (Lipinski definition) is 4. The van der Waals surface area contributed by atoms with E-state index in [9.17, 15) is 13.2 Å². The molecule has 0 aliphatic rings. The van der Waals surface area contributed by atoms with Crippen molar-refractivity contribution in [2.45, 2.75) is 13.8 Å². The molecule has 8 heteroatoms. The molecule has 6 nitrogen and oxygen atoms in total. The maximum atomic E-state index is 11.3. The summed E-state index contributed by atoms with van der Waals surface area (Å²) in [5.74, 6) is -1.06. The van der Waals surface area contributed by atoms with Crippen LogP contribution in [0, 0.1) is 6.92 Å². The van der Waals surface area contributed by atoms with Gasteiger partial charge in [-0.1, -0.05) is 6.92 Å². The van der Waals surface area contributed by atoms with E-state index >= 15 is 0 Å². The van der Waals surface area contributed by atoms with Crippen LogP contribution in [0.1, 0.15) is 22.2 Å². The number of carbonyl (C=O) groups is 1. The number of aryl methyl sites for hydroxylation is 1. The molecule has 90 valence electrons. The lowest BCUT2D eigenvalue weighted by Gasteiger charge is -2.04. The molecule has 0 spiro atoms. The Morgan fingerprint density at radius 1 is 1.56 bits per heavy atom. The standard InChI is InChI=1S/C8H12N2O4S2/c1-3-9-16(13,14)10-6-4-5(2)7(15-6)8(11)12/h4,9-10H,3H2,1-2H3,(H,11,12). The molecule has 0 saturated heterocycles. The summed E-state index contributed by atoms with van der Waals surface area (Å²) in [5, 5.41) is 9.09. The van der Waals surface area contributed by atoms with E-state index in [1.807, 2.05) is 0 Å². The van der Waals surface area contributed by atoms with Gasteiger partial charge in [0.25, 0.3) is 10.2 Å². The molecular weight excluding hydrogens is 252 g/mol. The van der Waals surface area contributed by atoms with Crippen molar-refractivity contribution in [1.82, 2.24) is 4.72 Å². The first-order valence-electron chi connectivity index (χ1n) is 4.47. The lowest BCUT2D eigenvalue weighted by molar-refractivity contribution is 0.0701. The molecule has 0 radical (unpaired) electrons. The second-order valence-corrected chi connectivity index (χ2v) is 5.58. The third-order valence-electron chi connectivity index (χ3n) is 1.68. The Labute approximate surface area is 97.5 Å². The number of anilines is 1. The van der Waals surface area contributed by atoms with Crippen LogP contribution in [0.15, 0.2) is 6.07 Å². The predicted molar refractivity (Wildman–Crippen MR) is 62.2 cm³/mol. The van der Waals surface area contributed by atoms with Crippen LogP contribution in [0.2, 0.25) is 0 Å². The number of rotatable bonds is 5. The highest BCUT2D eigenvalue weighted by Crippen LogP contribution is 2.26. The zero-order chi connectivity index (χ0) is 12.3. The molecule has 0 unspecified atom stereocenters. The molecule has 1 aromatic rings. The van der Waals surface area contributed by atoms with Gasteiger partial charge < -0.3 is 5.11 Å². The van der Waals surface area contributed by atoms with E-state index in [1.165, 1.54) is 6.07 Å². The van der Waals surface area contributed by atoms with Crippen molar-refractivity contribution in [3.8, 4) is 0 Å². The largest absolute Gasteiger partial charge is 0.477 e. The van der Waals surface area contributed by atoms with E-state index in [0.29, 0.717) is 5.56 Å². The Bertz CT molecular complexity index is 492. The fourth-order valence-electron chi connectivity index (χ4n) is 1.10. The molecule has 0 aliphatic heterocycles. The molecule has 0 aliphatic carbocycles. The van der Waals surface area contributed by atoms with Gasteiger partial charge in [0.05, 0.1) is 0 Å². The first-order chi connectivity index (χ1) is 7.35. The minimum Gasteiger partial charge on any atom is -0.477 e. The van der Waals surface area contributed by atoms with Gasteiger partial charge in [-0.3, -0.25) is 4.72 Å². The quantitative estimate of drug-likeness (QED) is 0.740. The van der Waals surface area contributed by atoms with E-state index < -0.39 is 16.2 Å². The summed E-state index contributed by atoms with van der Waals surface area (Å²) in [6.45, 7) is 3.54. The average molecular weight is 264 g/mol. The fraction of sp³-hybridized carbons (Fsp3) is 0.375. The third-order valence-corrected chi connectivity index (χ3v) is 4.11. The SMILES string of the molecule is CCNS(=O)(=O)Nc1cc(C)c(C(=O)O)s1. The molecule has 3 N–H and O–H groups in total. The second-order valence-electron chi connectivity index (χ2n) is 3.03. The van der Waals surface area contributed by atoms with Gasteiger partial charge in [-0.05, 0) is 18.6 Å². The third kappa shape index (κ3) is 3.19. The van der Waals surface area contributed by atoms with Gasteiger partial charge in [-0.2, -0.15) is 13.1 Å². The molecule has 0 atom stereocenters. The normalized spacial score (nSPS) is 11.4. The number of thiophene rings is 1. The van der Waals surface area contributed by atoms with Gasteiger partial charge in [0.15, 0.2) is 0 Å². The summed E-state index contributed by atoms with van der Waals surface area (Å²) < 4.78 is 27.2. The van der Waals surface area contributed by atoms with Gasteiger partial charge in [-0.25, -0.2) is 4.79 Å². The Morgan fingerprint density at radius 2 is 2.19 bits per heavy atom. The van der Waals surface area contributed by atoms with Gasteiger partial charge in [-0.15, -0.1) is 11.3 Å². The molecule has 0 amide bonds. The monoisotopic (exact) mass is 264 g/mol. The van der Waals surface area contributed by atoms with Crippen molar-refractivity contribution in [2.75, 3.05) is 11.3 Å². The number of carboxylic acid groups (broad SMARTS) is 1. The number of aromatic carboxylic acids is 1. The smallest absolute Gasteiger partial charge is 0.346 e. The topological polar surface area (TPSA) is 95.5 Å². The van der Waals surface area contributed by atoms with Gasteiger partial charge in [0.1, 0.15) is 9.88 Å². The van der Waals surface area contributed by atoms with Gasteiger partial charge in [0.2, 0.25) is 0 Å². The molecule has 1 aromatic heterocycles. The molecule has 0 fully saturated rings. The van der Waals surface area contributed by atoms with E-state index in [0.717, 1.165) is 11.3 Å². The zero-order valence-electron chi connectivity index (χ0n) is 8.77. The van der Waals surface area contributed by atoms with E-state index in [2.05, 4.69) is 9.44 Å². The summed E-state index contributed by atoms with van der Waals surface area (Å²) in [4.78, 5) is 10.9. The summed E-state index contributed by atoms with van der Waals surface area (Å²) in [5.41, 5.74) is 0.534. The minimum absolute atomic E-state index is 0.134. The van der Waals surface area contributed by atoms with Crippen molar-refractivity contribution < 1.29 is 18.3 Å². The Balaban J connectivity index is 2.91. The molecule has 1 rings (SSSR count). The molecule has 0 bridgehead atoms. The highest BCUT2D eigenvalue weighted by atomic mass is 32.2. The first-order valence-corrected chi connectivity index (χ1v) is 6.77. The van der Waals surface area contributed by atoms with Crippen molar-refractivity contribution in [1.29, 1.82) is 0 Å². The maximum Gasteiger partial charge on any atom is 0.346 e. The first kappa shape index (κ1) is 12.9. The van der Waals surface area contributed by atoms with Crippen LogP contribution in [-0.2, 0) is 10.2 Å². The van der Waals surface area contributed by atoms with E-state index in [4.69, 9.17) is 5.11 Å². The van der Waals surface area contributed by atoms with Crippen molar-refractivity contribution in [3.63, 3.8) is 0 Å². The second kappa shape index (κ2) is 4.81. The van der Waals surface area contributed by atoms with Crippen LogP contribution in [0.3, 0.4) is 0 Å². The van der Waals surface area contributed by atoms with Crippen LogP contribution in [0.4, 0.5) is 5.00 Å². The number of carboxylic acids is 1. The van der Waals surface area contributed by atoms with E-state index in [1.54, 1.807) is 13.8 Å². The summed E-state index contributed by atoms with van der Waals surface area (Å²) >= 11 is 0.891. The lowest BCUT2D eigenvalue weighted by atomic mass is 10.3. The van der Waals surface area contributed by atoms with Gasteiger partial charge in [0, 0.05) is 6.54 Å². The van der Waals surface area contributed by atoms with Crippen LogP contribution in [0.5, 0.6) is 0 Å². The maximum absolute atomic E-state index is 11.3. The van der Waals surface area contributed by atoms with Crippen LogP contribution in [0.25, 0.3) is 0 Å². The summed E-state index contributed by atoms with van der Waals surface area (Å²) in [7, 11) is -3.60. The van der Waals surface area contributed by atoms with Crippen molar-refractivity contribution >= 4 is 32.5 Å². The fourth-order valence-corrected chi connectivity index (χ4v) is 3.14.